The first-order valence-corrected chi connectivity index (χ1v) is 7.39. The normalized spacial score (nSPS) is 41.8. The zero-order chi connectivity index (χ0) is 8.55. The van der Waals surface area contributed by atoms with Gasteiger partial charge in [0.05, 0.1) is 0 Å². The first-order chi connectivity index (χ1) is 5.79. The Kier molecular flexibility index (Phi) is 2.96. The molecule has 3 atom stereocenters. The molecule has 2 fully saturated rings. The van der Waals surface area contributed by atoms with Crippen LogP contribution >= 0.6 is 21.6 Å². The van der Waals surface area contributed by atoms with Crippen LogP contribution in [0.3, 0.4) is 0 Å². The molecular weight excluding hydrogens is 184 g/mol. The van der Waals surface area contributed by atoms with Crippen molar-refractivity contribution in [1.29, 1.82) is 0 Å². The molecule has 0 aromatic rings. The van der Waals surface area contributed by atoms with Gasteiger partial charge >= 0.3 is 0 Å². The van der Waals surface area contributed by atoms with Gasteiger partial charge in [0.15, 0.2) is 0 Å². The molecule has 70 valence electrons. The zero-order valence-electron chi connectivity index (χ0n) is 7.95. The van der Waals surface area contributed by atoms with Crippen LogP contribution in [0, 0.1) is 11.8 Å². The summed E-state index contributed by atoms with van der Waals surface area (Å²) in [5.41, 5.74) is 0. The summed E-state index contributed by atoms with van der Waals surface area (Å²) in [4.78, 5) is 0. The summed E-state index contributed by atoms with van der Waals surface area (Å²) in [7, 11) is 4.35. The van der Waals surface area contributed by atoms with Gasteiger partial charge in [0.2, 0.25) is 0 Å². The van der Waals surface area contributed by atoms with Crippen LogP contribution < -0.4 is 0 Å². The van der Waals surface area contributed by atoms with Gasteiger partial charge in [-0.2, -0.15) is 0 Å². The van der Waals surface area contributed by atoms with E-state index in [1.165, 1.54) is 25.7 Å². The maximum atomic E-state index is 2.38. The second-order valence-corrected chi connectivity index (χ2v) is 7.08. The van der Waals surface area contributed by atoms with Crippen molar-refractivity contribution in [2.75, 3.05) is 0 Å². The van der Waals surface area contributed by atoms with Gasteiger partial charge in [-0.15, -0.1) is 0 Å². The predicted octanol–water partition coefficient (Wildman–Crippen LogP) is 3.96. The SMILES string of the molecule is CC(C)C1SSC2CCCCC21. The number of hydrogen-bond acceptors (Lipinski definition) is 2. The van der Waals surface area contributed by atoms with Crippen molar-refractivity contribution in [2.45, 2.75) is 50.0 Å². The van der Waals surface area contributed by atoms with Gasteiger partial charge in [0, 0.05) is 10.5 Å². The van der Waals surface area contributed by atoms with E-state index >= 15 is 0 Å². The summed E-state index contributed by atoms with van der Waals surface area (Å²) >= 11 is 0. The van der Waals surface area contributed by atoms with Crippen molar-refractivity contribution in [3.05, 3.63) is 0 Å². The van der Waals surface area contributed by atoms with Crippen LogP contribution in [0.5, 0.6) is 0 Å². The van der Waals surface area contributed by atoms with Gasteiger partial charge in [-0.1, -0.05) is 48.3 Å². The first-order valence-electron chi connectivity index (χ1n) is 5.11. The Bertz CT molecular complexity index is 156. The fourth-order valence-corrected chi connectivity index (χ4v) is 6.83. The maximum absolute atomic E-state index is 2.38. The fourth-order valence-electron chi connectivity index (χ4n) is 2.43. The quantitative estimate of drug-likeness (QED) is 0.590. The van der Waals surface area contributed by atoms with Crippen molar-refractivity contribution in [2.24, 2.45) is 11.8 Å². The topological polar surface area (TPSA) is 0 Å². The van der Waals surface area contributed by atoms with Gasteiger partial charge in [0.25, 0.3) is 0 Å². The van der Waals surface area contributed by atoms with E-state index < -0.39 is 0 Å². The van der Waals surface area contributed by atoms with Crippen molar-refractivity contribution in [1.82, 2.24) is 0 Å². The molecule has 1 aliphatic heterocycles. The number of hydrogen-bond donors (Lipinski definition) is 0. The highest BCUT2D eigenvalue weighted by Crippen LogP contribution is 2.55. The molecule has 2 heteroatoms. The third-order valence-corrected chi connectivity index (χ3v) is 6.92. The lowest BCUT2D eigenvalue weighted by Crippen LogP contribution is -2.28. The Morgan fingerprint density at radius 2 is 1.83 bits per heavy atom. The molecule has 0 amide bonds. The van der Waals surface area contributed by atoms with Gasteiger partial charge in [-0.05, 0) is 24.7 Å². The summed E-state index contributed by atoms with van der Waals surface area (Å²) in [6, 6.07) is 0. The molecule has 1 saturated heterocycles. The van der Waals surface area contributed by atoms with Crippen molar-refractivity contribution >= 4 is 21.6 Å². The zero-order valence-corrected chi connectivity index (χ0v) is 9.59. The van der Waals surface area contributed by atoms with Crippen molar-refractivity contribution in [3.63, 3.8) is 0 Å². The molecule has 1 saturated carbocycles. The minimum absolute atomic E-state index is 0.885. The molecule has 1 heterocycles. The van der Waals surface area contributed by atoms with Crippen LogP contribution in [-0.2, 0) is 0 Å². The molecule has 2 rings (SSSR count). The van der Waals surface area contributed by atoms with E-state index in [4.69, 9.17) is 0 Å². The van der Waals surface area contributed by atoms with Crippen LogP contribution in [0.2, 0.25) is 0 Å². The second-order valence-electron chi connectivity index (χ2n) is 4.39. The van der Waals surface area contributed by atoms with E-state index in [1.807, 2.05) is 0 Å². The number of rotatable bonds is 1. The molecule has 3 unspecified atom stereocenters. The van der Waals surface area contributed by atoms with Crippen molar-refractivity contribution in [3.8, 4) is 0 Å². The van der Waals surface area contributed by atoms with E-state index in [2.05, 4.69) is 35.4 Å². The minimum Gasteiger partial charge on any atom is -0.0901 e. The highest BCUT2D eigenvalue weighted by atomic mass is 33.1. The lowest BCUT2D eigenvalue weighted by Gasteiger charge is -2.28. The molecule has 0 aromatic carbocycles. The summed E-state index contributed by atoms with van der Waals surface area (Å²) in [5, 5.41) is 1.97. The molecule has 0 aromatic heterocycles. The van der Waals surface area contributed by atoms with Gasteiger partial charge < -0.3 is 0 Å². The van der Waals surface area contributed by atoms with Crippen LogP contribution in [0.15, 0.2) is 0 Å². The highest BCUT2D eigenvalue weighted by molar-refractivity contribution is 8.77. The third kappa shape index (κ3) is 1.65. The van der Waals surface area contributed by atoms with Crippen LogP contribution in [-0.4, -0.2) is 10.5 Å². The summed E-state index contributed by atoms with van der Waals surface area (Å²) in [6.07, 6.45) is 5.98. The molecule has 2 aliphatic rings. The Hall–Kier alpha value is 0.700. The van der Waals surface area contributed by atoms with Crippen molar-refractivity contribution < 1.29 is 0 Å². The lowest BCUT2D eigenvalue weighted by molar-refractivity contribution is 0.332. The van der Waals surface area contributed by atoms with E-state index in [1.54, 1.807) is 0 Å². The molecule has 12 heavy (non-hydrogen) atoms. The standard InChI is InChI=1S/C10H18S2/c1-7(2)10-8-5-3-4-6-9(8)11-12-10/h7-10H,3-6H2,1-2H3. The predicted molar refractivity (Wildman–Crippen MR) is 59.6 cm³/mol. The van der Waals surface area contributed by atoms with Gasteiger partial charge in [-0.3, -0.25) is 0 Å². The lowest BCUT2D eigenvalue weighted by atomic mass is 9.83. The van der Waals surface area contributed by atoms with Gasteiger partial charge in [0.1, 0.15) is 0 Å². The largest absolute Gasteiger partial charge is 0.0901 e. The van der Waals surface area contributed by atoms with Gasteiger partial charge in [-0.25, -0.2) is 0 Å². The highest BCUT2D eigenvalue weighted by Gasteiger charge is 2.40. The molecular formula is C10H18S2. The average Bonchev–Trinajstić information content (AvgIpc) is 2.47. The monoisotopic (exact) mass is 202 g/mol. The van der Waals surface area contributed by atoms with Crippen LogP contribution in [0.25, 0.3) is 0 Å². The molecule has 0 spiro atoms. The molecule has 0 nitrogen and oxygen atoms in total. The molecule has 0 bridgehead atoms. The maximum Gasteiger partial charge on any atom is 0.0213 e. The summed E-state index contributed by atoms with van der Waals surface area (Å²) < 4.78 is 0. The second kappa shape index (κ2) is 3.83. The molecule has 0 N–H and O–H groups in total. The van der Waals surface area contributed by atoms with E-state index in [-0.39, 0.29) is 0 Å². The third-order valence-electron chi connectivity index (χ3n) is 3.12. The Balaban J connectivity index is 2.01. The Morgan fingerprint density at radius 3 is 2.58 bits per heavy atom. The fraction of sp³-hybridized carbons (Fsp3) is 1.00. The number of fused-ring (bicyclic) bond motifs is 1. The molecule has 0 radical (unpaired) electrons. The smallest absolute Gasteiger partial charge is 0.0213 e. The van der Waals surface area contributed by atoms with E-state index in [9.17, 15) is 0 Å². The Morgan fingerprint density at radius 1 is 1.08 bits per heavy atom. The van der Waals surface area contributed by atoms with Crippen LogP contribution in [0.4, 0.5) is 0 Å². The summed E-state index contributed by atoms with van der Waals surface area (Å²) in [6.45, 7) is 4.77. The van der Waals surface area contributed by atoms with Crippen LogP contribution in [0.1, 0.15) is 39.5 Å². The molecule has 1 aliphatic carbocycles. The summed E-state index contributed by atoms with van der Waals surface area (Å²) in [5.74, 6) is 1.93. The first kappa shape index (κ1) is 9.26. The van der Waals surface area contributed by atoms with E-state index in [0.29, 0.717) is 0 Å². The average molecular weight is 202 g/mol. The van der Waals surface area contributed by atoms with E-state index in [0.717, 1.165) is 22.3 Å². The minimum atomic E-state index is 0.885. The Labute approximate surface area is 83.7 Å².